The number of nitrogens with one attached hydrogen (secondary N) is 1. The zero-order chi connectivity index (χ0) is 13.4. The largest absolute Gasteiger partial charge is 0.329 e. The molecule has 1 atom stereocenters. The highest BCUT2D eigenvalue weighted by Crippen LogP contribution is 2.39. The number of hydrogen-bond donors (Lipinski definition) is 2. The summed E-state index contributed by atoms with van der Waals surface area (Å²) in [7, 11) is -3.49. The Morgan fingerprint density at radius 3 is 2.61 bits per heavy atom. The average Bonchev–Trinajstić information content (AvgIpc) is 3.12. The van der Waals surface area contributed by atoms with Crippen molar-refractivity contribution in [2.45, 2.75) is 37.1 Å². The lowest BCUT2D eigenvalue weighted by Crippen LogP contribution is -2.52. The molecule has 4 nitrogen and oxygen atoms in total. The van der Waals surface area contributed by atoms with E-state index in [-0.39, 0.29) is 0 Å². The van der Waals surface area contributed by atoms with Crippen molar-refractivity contribution in [1.82, 2.24) is 4.72 Å². The van der Waals surface area contributed by atoms with Crippen molar-refractivity contribution in [3.63, 3.8) is 0 Å². The molecule has 100 valence electrons. The second-order valence-electron chi connectivity index (χ2n) is 5.32. The zero-order valence-electron chi connectivity index (χ0n) is 10.8. The molecule has 3 N–H and O–H groups in total. The van der Waals surface area contributed by atoms with E-state index < -0.39 is 15.6 Å². The van der Waals surface area contributed by atoms with Crippen LogP contribution in [-0.4, -0.2) is 20.5 Å². The molecule has 1 aliphatic rings. The number of nitrogens with two attached hydrogens (primary N) is 1. The number of aryl methyl sites for hydroxylation is 1. The first-order valence-electron chi connectivity index (χ1n) is 6.18. The molecule has 1 fully saturated rings. The van der Waals surface area contributed by atoms with Gasteiger partial charge in [-0.1, -0.05) is 12.1 Å². The predicted molar refractivity (Wildman–Crippen MR) is 71.7 cm³/mol. The van der Waals surface area contributed by atoms with E-state index in [2.05, 4.69) is 4.72 Å². The van der Waals surface area contributed by atoms with Crippen LogP contribution in [0.3, 0.4) is 0 Å². The van der Waals surface area contributed by atoms with Crippen LogP contribution in [0.4, 0.5) is 0 Å². The number of sulfonamides is 1. The summed E-state index contributed by atoms with van der Waals surface area (Å²) in [5, 5.41) is 0. The monoisotopic (exact) mass is 268 g/mol. The summed E-state index contributed by atoms with van der Waals surface area (Å²) in [4.78, 5) is 0.308. The third kappa shape index (κ3) is 2.74. The zero-order valence-corrected chi connectivity index (χ0v) is 11.6. The Bertz CT molecular complexity index is 538. The first-order valence-corrected chi connectivity index (χ1v) is 7.66. The van der Waals surface area contributed by atoms with Crippen LogP contribution in [0.2, 0.25) is 0 Å². The summed E-state index contributed by atoms with van der Waals surface area (Å²) in [5.74, 6) is 0.363. The maximum absolute atomic E-state index is 12.3. The molecule has 0 aromatic heterocycles. The second kappa shape index (κ2) is 4.64. The van der Waals surface area contributed by atoms with E-state index in [0.29, 0.717) is 17.4 Å². The lowest BCUT2D eigenvalue weighted by Gasteiger charge is -2.29. The molecule has 1 aromatic carbocycles. The third-order valence-corrected chi connectivity index (χ3v) is 5.18. The summed E-state index contributed by atoms with van der Waals surface area (Å²) in [6, 6.07) is 6.91. The van der Waals surface area contributed by atoms with Gasteiger partial charge in [0.1, 0.15) is 0 Å². The van der Waals surface area contributed by atoms with Crippen LogP contribution in [0.5, 0.6) is 0 Å². The van der Waals surface area contributed by atoms with Gasteiger partial charge in [-0.05, 0) is 50.3 Å². The van der Waals surface area contributed by atoms with Crippen LogP contribution >= 0.6 is 0 Å². The van der Waals surface area contributed by atoms with Gasteiger partial charge in [0, 0.05) is 12.1 Å². The van der Waals surface area contributed by atoms with Gasteiger partial charge < -0.3 is 5.73 Å². The Morgan fingerprint density at radius 2 is 2.11 bits per heavy atom. The molecule has 1 aromatic rings. The molecule has 0 radical (unpaired) electrons. The van der Waals surface area contributed by atoms with Gasteiger partial charge in [0.05, 0.1) is 4.90 Å². The Hall–Kier alpha value is -0.910. The van der Waals surface area contributed by atoms with Crippen molar-refractivity contribution >= 4 is 10.0 Å². The van der Waals surface area contributed by atoms with Gasteiger partial charge in [0.2, 0.25) is 10.0 Å². The van der Waals surface area contributed by atoms with Crippen LogP contribution in [0.15, 0.2) is 29.2 Å². The maximum Gasteiger partial charge on any atom is 0.241 e. The molecule has 0 bridgehead atoms. The summed E-state index contributed by atoms with van der Waals surface area (Å²) < 4.78 is 27.4. The van der Waals surface area contributed by atoms with Crippen molar-refractivity contribution in [2.24, 2.45) is 11.7 Å². The van der Waals surface area contributed by atoms with Crippen LogP contribution in [0, 0.1) is 12.8 Å². The quantitative estimate of drug-likeness (QED) is 0.848. The minimum Gasteiger partial charge on any atom is -0.329 e. The lowest BCUT2D eigenvalue weighted by molar-refractivity contribution is 0.374. The SMILES string of the molecule is Cc1cccc(S(=O)(=O)NC(C)(CN)C2CC2)c1. The van der Waals surface area contributed by atoms with Crippen molar-refractivity contribution in [3.05, 3.63) is 29.8 Å². The molecule has 2 rings (SSSR count). The Labute approximate surface area is 109 Å². The van der Waals surface area contributed by atoms with E-state index in [0.717, 1.165) is 18.4 Å². The minimum absolute atomic E-state index is 0.308. The highest BCUT2D eigenvalue weighted by molar-refractivity contribution is 7.89. The van der Waals surface area contributed by atoms with Crippen LogP contribution in [-0.2, 0) is 10.0 Å². The van der Waals surface area contributed by atoms with Gasteiger partial charge in [0.15, 0.2) is 0 Å². The number of benzene rings is 1. The molecule has 0 amide bonds. The molecule has 1 saturated carbocycles. The fourth-order valence-corrected chi connectivity index (χ4v) is 3.74. The fourth-order valence-electron chi connectivity index (χ4n) is 2.16. The highest BCUT2D eigenvalue weighted by Gasteiger charge is 2.43. The Morgan fingerprint density at radius 1 is 1.44 bits per heavy atom. The first kappa shape index (κ1) is 13.5. The van der Waals surface area contributed by atoms with E-state index in [4.69, 9.17) is 5.73 Å². The molecular formula is C13H20N2O2S. The number of hydrogen-bond acceptors (Lipinski definition) is 3. The molecule has 18 heavy (non-hydrogen) atoms. The van der Waals surface area contributed by atoms with Crippen molar-refractivity contribution in [2.75, 3.05) is 6.54 Å². The van der Waals surface area contributed by atoms with Crippen LogP contribution < -0.4 is 10.5 Å². The Balaban J connectivity index is 2.26. The first-order chi connectivity index (χ1) is 8.37. The fraction of sp³-hybridized carbons (Fsp3) is 0.538. The predicted octanol–water partition coefficient (Wildman–Crippen LogP) is 1.40. The summed E-state index contributed by atoms with van der Waals surface area (Å²) in [6.07, 6.45) is 2.09. The summed E-state index contributed by atoms with van der Waals surface area (Å²) in [6.45, 7) is 4.09. The molecule has 0 saturated heterocycles. The second-order valence-corrected chi connectivity index (χ2v) is 7.00. The lowest BCUT2D eigenvalue weighted by atomic mass is 9.98. The topological polar surface area (TPSA) is 72.2 Å². The van der Waals surface area contributed by atoms with E-state index in [1.165, 1.54) is 0 Å². The average molecular weight is 268 g/mol. The summed E-state index contributed by atoms with van der Waals surface area (Å²) >= 11 is 0. The van der Waals surface area contributed by atoms with Crippen LogP contribution in [0.1, 0.15) is 25.3 Å². The van der Waals surface area contributed by atoms with Gasteiger partial charge in [0.25, 0.3) is 0 Å². The standard InChI is InChI=1S/C13H20N2O2S/c1-10-4-3-5-12(8-10)18(16,17)15-13(2,9-14)11-6-7-11/h3-5,8,11,15H,6-7,9,14H2,1-2H3. The van der Waals surface area contributed by atoms with Crippen molar-refractivity contribution in [1.29, 1.82) is 0 Å². The van der Waals surface area contributed by atoms with Crippen LogP contribution in [0.25, 0.3) is 0 Å². The van der Waals surface area contributed by atoms with Crippen molar-refractivity contribution in [3.8, 4) is 0 Å². The maximum atomic E-state index is 12.3. The Kier molecular flexibility index (Phi) is 3.49. The molecular weight excluding hydrogens is 248 g/mol. The molecule has 1 aliphatic carbocycles. The smallest absolute Gasteiger partial charge is 0.241 e. The van der Waals surface area contributed by atoms with E-state index >= 15 is 0 Å². The van der Waals surface area contributed by atoms with E-state index in [9.17, 15) is 8.42 Å². The molecule has 5 heteroatoms. The summed E-state index contributed by atoms with van der Waals surface area (Å²) in [5.41, 5.74) is 6.14. The third-order valence-electron chi connectivity index (χ3n) is 3.57. The van der Waals surface area contributed by atoms with Gasteiger partial charge in [-0.2, -0.15) is 0 Å². The normalized spacial score (nSPS) is 19.5. The van der Waals surface area contributed by atoms with Gasteiger partial charge in [-0.15, -0.1) is 0 Å². The van der Waals surface area contributed by atoms with Gasteiger partial charge in [-0.3, -0.25) is 0 Å². The molecule has 0 heterocycles. The van der Waals surface area contributed by atoms with E-state index in [1.807, 2.05) is 19.9 Å². The highest BCUT2D eigenvalue weighted by atomic mass is 32.2. The van der Waals surface area contributed by atoms with Gasteiger partial charge in [-0.25, -0.2) is 13.1 Å². The molecule has 0 spiro atoms. The van der Waals surface area contributed by atoms with Gasteiger partial charge >= 0.3 is 0 Å². The van der Waals surface area contributed by atoms with E-state index in [1.54, 1.807) is 18.2 Å². The molecule has 0 aliphatic heterocycles. The van der Waals surface area contributed by atoms with Crippen molar-refractivity contribution < 1.29 is 8.42 Å². The minimum atomic E-state index is -3.49. The molecule has 1 unspecified atom stereocenters. The number of rotatable bonds is 5.